The Hall–Kier alpha value is -1.82. The standard InChI is InChI=1S/C14H16O5S/c1-14(2,3)20(17,18)8-9-4-5-11-10(6-9)7-12(19-11)13(15)16/h4-7H,8H2,1-3H3,(H,15,16). The third-order valence-electron chi connectivity index (χ3n) is 3.08. The fourth-order valence-electron chi connectivity index (χ4n) is 1.72. The van der Waals surface area contributed by atoms with Gasteiger partial charge in [-0.2, -0.15) is 0 Å². The second-order valence-corrected chi connectivity index (χ2v) is 8.40. The minimum absolute atomic E-state index is 0.0833. The molecule has 6 heteroatoms. The molecule has 20 heavy (non-hydrogen) atoms. The van der Waals surface area contributed by atoms with Gasteiger partial charge in [-0.15, -0.1) is 0 Å². The maximum absolute atomic E-state index is 12.2. The van der Waals surface area contributed by atoms with E-state index in [0.717, 1.165) is 0 Å². The summed E-state index contributed by atoms with van der Waals surface area (Å²) in [4.78, 5) is 10.8. The predicted octanol–water partition coefficient (Wildman–Crippen LogP) is 2.84. The lowest BCUT2D eigenvalue weighted by Gasteiger charge is -2.19. The normalized spacial score (nSPS) is 12.8. The molecule has 0 spiro atoms. The van der Waals surface area contributed by atoms with Crippen LogP contribution in [0, 0.1) is 0 Å². The van der Waals surface area contributed by atoms with Crippen LogP contribution < -0.4 is 0 Å². The van der Waals surface area contributed by atoms with Crippen LogP contribution in [-0.4, -0.2) is 24.2 Å². The maximum atomic E-state index is 12.2. The van der Waals surface area contributed by atoms with Crippen molar-refractivity contribution in [2.24, 2.45) is 0 Å². The van der Waals surface area contributed by atoms with Gasteiger partial charge in [-0.25, -0.2) is 13.2 Å². The highest BCUT2D eigenvalue weighted by Crippen LogP contribution is 2.25. The molecule has 0 amide bonds. The predicted molar refractivity (Wildman–Crippen MR) is 75.6 cm³/mol. The molecule has 0 aliphatic carbocycles. The van der Waals surface area contributed by atoms with Gasteiger partial charge in [0.1, 0.15) is 5.58 Å². The number of carboxylic acids is 1. The summed E-state index contributed by atoms with van der Waals surface area (Å²) in [5.41, 5.74) is 1.05. The van der Waals surface area contributed by atoms with Gasteiger partial charge in [-0.05, 0) is 44.5 Å². The summed E-state index contributed by atoms with van der Waals surface area (Å²) in [5, 5.41) is 9.45. The van der Waals surface area contributed by atoms with Gasteiger partial charge in [-0.3, -0.25) is 0 Å². The van der Waals surface area contributed by atoms with Gasteiger partial charge in [0.15, 0.2) is 9.84 Å². The first kappa shape index (κ1) is 14.6. The van der Waals surface area contributed by atoms with E-state index in [1.807, 2.05) is 0 Å². The van der Waals surface area contributed by atoms with Crippen LogP contribution in [0.5, 0.6) is 0 Å². The first-order valence-electron chi connectivity index (χ1n) is 6.08. The fourth-order valence-corrected chi connectivity index (χ4v) is 2.78. The lowest BCUT2D eigenvalue weighted by atomic mass is 10.2. The van der Waals surface area contributed by atoms with Crippen LogP contribution in [0.1, 0.15) is 36.9 Å². The van der Waals surface area contributed by atoms with Gasteiger partial charge in [0.2, 0.25) is 5.76 Å². The summed E-state index contributed by atoms with van der Waals surface area (Å²) in [5.74, 6) is -1.39. The molecule has 108 valence electrons. The van der Waals surface area contributed by atoms with E-state index in [1.54, 1.807) is 39.0 Å². The van der Waals surface area contributed by atoms with Crippen molar-refractivity contribution in [1.82, 2.24) is 0 Å². The van der Waals surface area contributed by atoms with Crippen LogP contribution in [0.2, 0.25) is 0 Å². The minimum atomic E-state index is -3.28. The van der Waals surface area contributed by atoms with Crippen molar-refractivity contribution in [3.8, 4) is 0 Å². The molecule has 2 rings (SSSR count). The van der Waals surface area contributed by atoms with Gasteiger partial charge in [0.05, 0.1) is 10.5 Å². The van der Waals surface area contributed by atoms with Crippen molar-refractivity contribution < 1.29 is 22.7 Å². The Balaban J connectivity index is 2.40. The highest BCUT2D eigenvalue weighted by molar-refractivity contribution is 7.91. The van der Waals surface area contributed by atoms with E-state index >= 15 is 0 Å². The van der Waals surface area contributed by atoms with Crippen LogP contribution in [0.25, 0.3) is 11.0 Å². The Morgan fingerprint density at radius 3 is 2.45 bits per heavy atom. The largest absolute Gasteiger partial charge is 0.475 e. The second kappa shape index (κ2) is 4.63. The van der Waals surface area contributed by atoms with E-state index in [4.69, 9.17) is 9.52 Å². The Morgan fingerprint density at radius 2 is 1.90 bits per heavy atom. The molecule has 0 atom stereocenters. The lowest BCUT2D eigenvalue weighted by Crippen LogP contribution is -2.29. The molecule has 0 fully saturated rings. The van der Waals surface area contributed by atoms with Crippen molar-refractivity contribution in [2.75, 3.05) is 0 Å². The van der Waals surface area contributed by atoms with Crippen LogP contribution in [0.4, 0.5) is 0 Å². The number of hydrogen-bond acceptors (Lipinski definition) is 4. The summed E-state index contributed by atoms with van der Waals surface area (Å²) < 4.78 is 28.6. The highest BCUT2D eigenvalue weighted by Gasteiger charge is 2.29. The number of carboxylic acid groups (broad SMARTS) is 1. The average Bonchev–Trinajstić information content (AvgIpc) is 2.69. The number of furan rings is 1. The molecule has 0 bridgehead atoms. The highest BCUT2D eigenvalue weighted by atomic mass is 32.2. The number of carbonyl (C=O) groups is 1. The number of aromatic carboxylic acids is 1. The molecule has 1 aromatic heterocycles. The average molecular weight is 296 g/mol. The molecule has 2 aromatic rings. The summed E-state index contributed by atoms with van der Waals surface area (Å²) in [6, 6.07) is 6.27. The lowest BCUT2D eigenvalue weighted by molar-refractivity contribution is 0.0665. The number of rotatable bonds is 3. The third-order valence-corrected chi connectivity index (χ3v) is 5.66. The third kappa shape index (κ3) is 2.70. The topological polar surface area (TPSA) is 84.6 Å². The molecular weight excluding hydrogens is 280 g/mol. The number of hydrogen-bond donors (Lipinski definition) is 1. The maximum Gasteiger partial charge on any atom is 0.371 e. The van der Waals surface area contributed by atoms with Gasteiger partial charge in [-0.1, -0.05) is 6.07 Å². The molecule has 0 saturated heterocycles. The van der Waals surface area contributed by atoms with Crippen LogP contribution in [-0.2, 0) is 15.6 Å². The number of benzene rings is 1. The zero-order chi connectivity index (χ0) is 15.1. The SMILES string of the molecule is CC(C)(C)S(=O)(=O)Cc1ccc2oc(C(=O)O)cc2c1. The Bertz CT molecular complexity index is 762. The van der Waals surface area contributed by atoms with Crippen molar-refractivity contribution in [2.45, 2.75) is 31.3 Å². The van der Waals surface area contributed by atoms with E-state index in [-0.39, 0.29) is 11.5 Å². The fraction of sp³-hybridized carbons (Fsp3) is 0.357. The van der Waals surface area contributed by atoms with Crippen molar-refractivity contribution >= 4 is 26.8 Å². The van der Waals surface area contributed by atoms with Crippen molar-refractivity contribution in [1.29, 1.82) is 0 Å². The number of fused-ring (bicyclic) bond motifs is 1. The van der Waals surface area contributed by atoms with Crippen molar-refractivity contribution in [3.05, 3.63) is 35.6 Å². The van der Waals surface area contributed by atoms with Gasteiger partial charge in [0.25, 0.3) is 0 Å². The summed E-state index contributed by atoms with van der Waals surface area (Å²) in [6.45, 7) is 4.96. The van der Waals surface area contributed by atoms with E-state index in [9.17, 15) is 13.2 Å². The Labute approximate surface area is 117 Å². The van der Waals surface area contributed by atoms with Crippen molar-refractivity contribution in [3.63, 3.8) is 0 Å². The Morgan fingerprint density at radius 1 is 1.25 bits per heavy atom. The molecule has 1 heterocycles. The summed E-state index contributed by atoms with van der Waals surface area (Å²) in [7, 11) is -3.28. The zero-order valence-corrected chi connectivity index (χ0v) is 12.3. The van der Waals surface area contributed by atoms with Crippen LogP contribution in [0.15, 0.2) is 28.7 Å². The zero-order valence-electron chi connectivity index (χ0n) is 11.5. The molecule has 1 N–H and O–H groups in total. The first-order valence-corrected chi connectivity index (χ1v) is 7.73. The Kier molecular flexibility index (Phi) is 3.37. The summed E-state index contributed by atoms with van der Waals surface area (Å²) >= 11 is 0. The monoisotopic (exact) mass is 296 g/mol. The minimum Gasteiger partial charge on any atom is -0.475 e. The molecule has 5 nitrogen and oxygen atoms in total. The molecule has 0 aliphatic heterocycles. The van der Waals surface area contributed by atoms with Crippen LogP contribution in [0.3, 0.4) is 0 Å². The summed E-state index contributed by atoms with van der Waals surface area (Å²) in [6.07, 6.45) is 0. The molecule has 0 radical (unpaired) electrons. The molecular formula is C14H16O5S. The van der Waals surface area contributed by atoms with Gasteiger partial charge >= 0.3 is 5.97 Å². The smallest absolute Gasteiger partial charge is 0.371 e. The van der Waals surface area contributed by atoms with Crippen LogP contribution >= 0.6 is 0 Å². The molecule has 1 aromatic carbocycles. The molecule has 0 aliphatic rings. The second-order valence-electron chi connectivity index (χ2n) is 5.66. The van der Waals surface area contributed by atoms with Gasteiger partial charge < -0.3 is 9.52 Å². The first-order chi connectivity index (χ1) is 9.10. The molecule has 0 saturated carbocycles. The molecule has 0 unspecified atom stereocenters. The van der Waals surface area contributed by atoms with E-state index in [1.165, 1.54) is 6.07 Å². The van der Waals surface area contributed by atoms with E-state index in [0.29, 0.717) is 16.5 Å². The number of sulfone groups is 1. The van der Waals surface area contributed by atoms with E-state index in [2.05, 4.69) is 0 Å². The quantitative estimate of drug-likeness (QED) is 0.941. The van der Waals surface area contributed by atoms with E-state index < -0.39 is 20.6 Å². The van der Waals surface area contributed by atoms with Gasteiger partial charge in [0, 0.05) is 5.39 Å².